The van der Waals surface area contributed by atoms with Crippen LogP contribution in [0.1, 0.15) is 11.1 Å². The molecule has 34 heavy (non-hydrogen) atoms. The zero-order chi connectivity index (χ0) is 23.3. The fourth-order valence-corrected chi connectivity index (χ4v) is 4.47. The van der Waals surface area contributed by atoms with Crippen molar-refractivity contribution in [2.24, 2.45) is 0 Å². The lowest BCUT2D eigenvalue weighted by atomic mass is 10.0. The van der Waals surface area contributed by atoms with Crippen LogP contribution in [0.4, 0.5) is 0 Å². The zero-order valence-electron chi connectivity index (χ0n) is 18.9. The number of benzene rings is 4. The molecule has 2 amide bonds. The second kappa shape index (κ2) is 9.75. The number of hydrogen-bond acceptors (Lipinski definition) is 2. The van der Waals surface area contributed by atoms with Crippen LogP contribution in [0.2, 0.25) is 0 Å². The molecule has 4 aromatic carbocycles. The molecular weight excluding hydrogens is 420 g/mol. The number of carbonyl (C=O) groups is 2. The summed E-state index contributed by atoms with van der Waals surface area (Å²) in [5.74, 6) is -0.0438. The average Bonchev–Trinajstić information content (AvgIpc) is 2.90. The molecule has 1 heterocycles. The van der Waals surface area contributed by atoms with Crippen LogP contribution >= 0.6 is 0 Å². The molecule has 1 aliphatic rings. The van der Waals surface area contributed by atoms with Gasteiger partial charge in [-0.3, -0.25) is 9.59 Å². The average molecular weight is 447 g/mol. The zero-order valence-corrected chi connectivity index (χ0v) is 18.9. The third-order valence-corrected chi connectivity index (χ3v) is 6.36. The van der Waals surface area contributed by atoms with Gasteiger partial charge in [0.2, 0.25) is 11.8 Å². The van der Waals surface area contributed by atoms with Gasteiger partial charge in [0.05, 0.1) is 0 Å². The predicted octanol–water partition coefficient (Wildman–Crippen LogP) is 5.39. The van der Waals surface area contributed by atoms with Gasteiger partial charge in [-0.25, -0.2) is 0 Å². The maximum atomic E-state index is 12.7. The summed E-state index contributed by atoms with van der Waals surface area (Å²) in [5, 5.41) is 4.56. The number of fused-ring (bicyclic) bond motifs is 2. The van der Waals surface area contributed by atoms with Gasteiger partial charge < -0.3 is 9.80 Å². The number of carbonyl (C=O) groups excluding carboxylic acids is 2. The third kappa shape index (κ3) is 4.62. The molecule has 5 rings (SSSR count). The summed E-state index contributed by atoms with van der Waals surface area (Å²) in [7, 11) is 0. The Bertz CT molecular complexity index is 1290. The van der Waals surface area contributed by atoms with Crippen molar-refractivity contribution in [3.63, 3.8) is 0 Å². The van der Waals surface area contributed by atoms with Crippen molar-refractivity contribution in [1.29, 1.82) is 0 Å². The van der Waals surface area contributed by atoms with Gasteiger partial charge in [-0.05, 0) is 44.8 Å². The summed E-state index contributed by atoms with van der Waals surface area (Å²) in [6, 6.07) is 28.5. The minimum absolute atomic E-state index is 0.0219. The first kappa shape index (κ1) is 21.7. The van der Waals surface area contributed by atoms with Crippen LogP contribution < -0.4 is 0 Å². The van der Waals surface area contributed by atoms with Crippen LogP contribution in [0.3, 0.4) is 0 Å². The Hall–Kier alpha value is -4.18. The highest BCUT2D eigenvalue weighted by Crippen LogP contribution is 2.21. The molecule has 0 saturated carbocycles. The van der Waals surface area contributed by atoms with E-state index in [0.717, 1.165) is 32.7 Å². The fourth-order valence-electron chi connectivity index (χ4n) is 4.47. The van der Waals surface area contributed by atoms with E-state index in [-0.39, 0.29) is 11.8 Å². The van der Waals surface area contributed by atoms with Gasteiger partial charge in [0.25, 0.3) is 0 Å². The van der Waals surface area contributed by atoms with E-state index >= 15 is 0 Å². The maximum Gasteiger partial charge on any atom is 0.246 e. The molecule has 0 aromatic heterocycles. The topological polar surface area (TPSA) is 40.6 Å². The highest BCUT2D eigenvalue weighted by Gasteiger charge is 2.21. The second-order valence-corrected chi connectivity index (χ2v) is 8.45. The first-order valence-corrected chi connectivity index (χ1v) is 11.6. The Morgan fingerprint density at radius 2 is 0.912 bits per heavy atom. The third-order valence-electron chi connectivity index (χ3n) is 6.36. The van der Waals surface area contributed by atoms with Crippen LogP contribution in [0.25, 0.3) is 33.7 Å². The smallest absolute Gasteiger partial charge is 0.246 e. The number of nitrogens with zero attached hydrogens (tertiary/aromatic N) is 2. The molecule has 1 fully saturated rings. The van der Waals surface area contributed by atoms with Crippen LogP contribution in [0, 0.1) is 0 Å². The van der Waals surface area contributed by atoms with E-state index in [1.54, 1.807) is 22.0 Å². The van der Waals surface area contributed by atoms with Crippen molar-refractivity contribution in [2.75, 3.05) is 26.2 Å². The van der Waals surface area contributed by atoms with Crippen molar-refractivity contribution in [3.8, 4) is 0 Å². The van der Waals surface area contributed by atoms with Gasteiger partial charge in [-0.1, -0.05) is 84.9 Å². The summed E-state index contributed by atoms with van der Waals surface area (Å²) in [4.78, 5) is 29.1. The molecule has 0 atom stereocenters. The van der Waals surface area contributed by atoms with Crippen LogP contribution in [-0.4, -0.2) is 47.8 Å². The standard InChI is InChI=1S/C30H26N2O2/c33-29(17-15-25-11-5-9-23-7-1-3-13-27(23)25)31-19-21-32(22-20-31)30(34)18-16-26-12-6-10-24-8-2-4-14-28(24)26/h1-18H,19-22H2/b17-15-,18-16+. The summed E-state index contributed by atoms with van der Waals surface area (Å²) in [6.45, 7) is 2.14. The minimum Gasteiger partial charge on any atom is -0.336 e. The Morgan fingerprint density at radius 3 is 1.35 bits per heavy atom. The molecule has 0 radical (unpaired) electrons. The number of amides is 2. The summed E-state index contributed by atoms with van der Waals surface area (Å²) < 4.78 is 0. The summed E-state index contributed by atoms with van der Waals surface area (Å²) in [6.07, 6.45) is 7.05. The molecule has 1 saturated heterocycles. The van der Waals surface area contributed by atoms with Crippen molar-refractivity contribution in [2.45, 2.75) is 0 Å². The van der Waals surface area contributed by atoms with Gasteiger partial charge >= 0.3 is 0 Å². The molecule has 4 aromatic rings. The van der Waals surface area contributed by atoms with E-state index in [9.17, 15) is 9.59 Å². The van der Waals surface area contributed by atoms with Gasteiger partial charge in [0, 0.05) is 38.3 Å². The molecule has 0 N–H and O–H groups in total. The molecule has 0 bridgehead atoms. The van der Waals surface area contributed by atoms with E-state index < -0.39 is 0 Å². The molecule has 168 valence electrons. The molecule has 0 unspecified atom stereocenters. The number of rotatable bonds is 4. The lowest BCUT2D eigenvalue weighted by Gasteiger charge is -2.33. The molecule has 1 aliphatic heterocycles. The van der Waals surface area contributed by atoms with Gasteiger partial charge in [0.1, 0.15) is 0 Å². The van der Waals surface area contributed by atoms with Crippen molar-refractivity contribution in [3.05, 3.63) is 108 Å². The fraction of sp³-hybridized carbons (Fsp3) is 0.133. The van der Waals surface area contributed by atoms with E-state index in [0.29, 0.717) is 26.2 Å². The largest absolute Gasteiger partial charge is 0.336 e. The maximum absolute atomic E-state index is 12.7. The van der Waals surface area contributed by atoms with Crippen LogP contribution in [-0.2, 0) is 9.59 Å². The predicted molar refractivity (Wildman–Crippen MR) is 139 cm³/mol. The molecule has 0 spiro atoms. The summed E-state index contributed by atoms with van der Waals surface area (Å²) in [5.41, 5.74) is 2.05. The Morgan fingerprint density at radius 1 is 0.529 bits per heavy atom. The molecule has 4 nitrogen and oxygen atoms in total. The quantitative estimate of drug-likeness (QED) is 0.394. The highest BCUT2D eigenvalue weighted by atomic mass is 16.2. The van der Waals surface area contributed by atoms with E-state index in [4.69, 9.17) is 0 Å². The SMILES string of the molecule is O=C(/C=C\c1cccc2ccccc12)N1CCN(C(=O)/C=C/c2cccc3ccccc23)CC1. The molecular formula is C30H26N2O2. The monoisotopic (exact) mass is 446 g/mol. The first-order valence-electron chi connectivity index (χ1n) is 11.6. The van der Waals surface area contributed by atoms with Gasteiger partial charge in [-0.15, -0.1) is 0 Å². The highest BCUT2D eigenvalue weighted by molar-refractivity contribution is 5.98. The number of hydrogen-bond donors (Lipinski definition) is 0. The number of piperazine rings is 1. The lowest BCUT2D eigenvalue weighted by Crippen LogP contribution is -2.49. The van der Waals surface area contributed by atoms with Crippen molar-refractivity contribution in [1.82, 2.24) is 9.80 Å². The Kier molecular flexibility index (Phi) is 6.21. The molecule has 0 aliphatic carbocycles. The van der Waals surface area contributed by atoms with Gasteiger partial charge in [-0.2, -0.15) is 0 Å². The second-order valence-electron chi connectivity index (χ2n) is 8.45. The van der Waals surface area contributed by atoms with E-state index in [1.165, 1.54) is 0 Å². The Labute approximate surface area is 199 Å². The van der Waals surface area contributed by atoms with Gasteiger partial charge in [0.15, 0.2) is 0 Å². The van der Waals surface area contributed by atoms with Crippen LogP contribution in [0.15, 0.2) is 97.1 Å². The van der Waals surface area contributed by atoms with Crippen molar-refractivity contribution >= 4 is 45.5 Å². The summed E-state index contributed by atoms with van der Waals surface area (Å²) >= 11 is 0. The van der Waals surface area contributed by atoms with E-state index in [2.05, 4.69) is 36.4 Å². The van der Waals surface area contributed by atoms with E-state index in [1.807, 2.05) is 60.7 Å². The van der Waals surface area contributed by atoms with Crippen LogP contribution in [0.5, 0.6) is 0 Å². The van der Waals surface area contributed by atoms with Crippen molar-refractivity contribution < 1.29 is 9.59 Å². The molecule has 4 heteroatoms. The lowest BCUT2D eigenvalue weighted by molar-refractivity contribution is -0.133. The first-order chi connectivity index (χ1) is 16.7. The Balaban J connectivity index is 1.19. The normalized spacial score (nSPS) is 14.5. The minimum atomic E-state index is -0.0219.